The summed E-state index contributed by atoms with van der Waals surface area (Å²) >= 11 is 0. The van der Waals surface area contributed by atoms with Crippen LogP contribution in [0.2, 0.25) is 0 Å². The van der Waals surface area contributed by atoms with Crippen molar-refractivity contribution in [2.45, 2.75) is 44.3 Å². The third-order valence-corrected chi connectivity index (χ3v) is 4.26. The largest absolute Gasteiger partial charge is 0.392 e. The second-order valence-electron chi connectivity index (χ2n) is 5.16. The molecular weight excluding hydrogens is 220 g/mol. The van der Waals surface area contributed by atoms with Crippen LogP contribution in [0.4, 0.5) is 0 Å². The number of hydrogen-bond acceptors (Lipinski definition) is 4. The first-order valence-corrected chi connectivity index (χ1v) is 6.66. The van der Waals surface area contributed by atoms with Gasteiger partial charge in [0.1, 0.15) is 0 Å². The molecular formula is C13H24O4. The third-order valence-electron chi connectivity index (χ3n) is 4.26. The molecule has 0 aromatic rings. The van der Waals surface area contributed by atoms with E-state index in [1.54, 1.807) is 7.11 Å². The summed E-state index contributed by atoms with van der Waals surface area (Å²) in [6.45, 7) is 2.50. The van der Waals surface area contributed by atoms with E-state index in [2.05, 4.69) is 0 Å². The zero-order valence-electron chi connectivity index (χ0n) is 10.7. The first-order chi connectivity index (χ1) is 8.29. The highest BCUT2D eigenvalue weighted by atomic mass is 16.5. The topological polar surface area (TPSA) is 47.9 Å². The molecule has 17 heavy (non-hydrogen) atoms. The van der Waals surface area contributed by atoms with Crippen LogP contribution >= 0.6 is 0 Å². The number of aliphatic hydroxyl groups excluding tert-OH is 1. The van der Waals surface area contributed by atoms with Gasteiger partial charge in [-0.3, -0.25) is 0 Å². The first-order valence-electron chi connectivity index (χ1n) is 6.66. The molecule has 4 heteroatoms. The van der Waals surface area contributed by atoms with Crippen LogP contribution in [0.1, 0.15) is 32.1 Å². The van der Waals surface area contributed by atoms with E-state index < -0.39 is 0 Å². The van der Waals surface area contributed by atoms with Gasteiger partial charge in [-0.2, -0.15) is 0 Å². The Bertz CT molecular complexity index is 225. The van der Waals surface area contributed by atoms with Crippen molar-refractivity contribution in [3.05, 3.63) is 0 Å². The van der Waals surface area contributed by atoms with E-state index in [9.17, 15) is 5.11 Å². The first kappa shape index (κ1) is 13.3. The minimum atomic E-state index is -0.135. The van der Waals surface area contributed by atoms with Gasteiger partial charge >= 0.3 is 0 Å². The standard InChI is InChI=1S/C13H24O4/c1-15-6-7-16-8-9-17-12-10-11(14)13(12)4-2-3-5-13/h11-12,14H,2-10H2,1H3. The lowest BCUT2D eigenvalue weighted by Crippen LogP contribution is -2.56. The van der Waals surface area contributed by atoms with Crippen molar-refractivity contribution >= 4 is 0 Å². The smallest absolute Gasteiger partial charge is 0.0704 e. The van der Waals surface area contributed by atoms with E-state index in [0.29, 0.717) is 26.4 Å². The molecule has 1 spiro atoms. The van der Waals surface area contributed by atoms with Gasteiger partial charge in [0.05, 0.1) is 38.6 Å². The summed E-state index contributed by atoms with van der Waals surface area (Å²) in [7, 11) is 1.67. The molecule has 0 heterocycles. The Morgan fingerprint density at radius 2 is 1.82 bits per heavy atom. The zero-order chi connectivity index (χ0) is 12.1. The van der Waals surface area contributed by atoms with Crippen molar-refractivity contribution in [2.75, 3.05) is 33.5 Å². The Labute approximate surface area is 103 Å². The van der Waals surface area contributed by atoms with Gasteiger partial charge in [0, 0.05) is 18.9 Å². The van der Waals surface area contributed by atoms with Crippen molar-refractivity contribution in [1.29, 1.82) is 0 Å². The average molecular weight is 244 g/mol. The fraction of sp³-hybridized carbons (Fsp3) is 1.00. The Morgan fingerprint density at radius 3 is 2.47 bits per heavy atom. The minimum Gasteiger partial charge on any atom is -0.392 e. The lowest BCUT2D eigenvalue weighted by molar-refractivity contribution is -0.193. The van der Waals surface area contributed by atoms with Crippen molar-refractivity contribution in [3.63, 3.8) is 0 Å². The number of hydrogen-bond donors (Lipinski definition) is 1. The third kappa shape index (κ3) is 2.81. The summed E-state index contributed by atoms with van der Waals surface area (Å²) in [6.07, 6.45) is 5.66. The van der Waals surface area contributed by atoms with E-state index in [4.69, 9.17) is 14.2 Å². The normalized spacial score (nSPS) is 30.7. The molecule has 2 unspecified atom stereocenters. The van der Waals surface area contributed by atoms with Gasteiger partial charge in [-0.15, -0.1) is 0 Å². The van der Waals surface area contributed by atoms with Crippen molar-refractivity contribution < 1.29 is 19.3 Å². The van der Waals surface area contributed by atoms with Crippen LogP contribution in [0.25, 0.3) is 0 Å². The molecule has 4 nitrogen and oxygen atoms in total. The van der Waals surface area contributed by atoms with Crippen LogP contribution in [-0.2, 0) is 14.2 Å². The zero-order valence-corrected chi connectivity index (χ0v) is 10.7. The summed E-state index contributed by atoms with van der Waals surface area (Å²) in [4.78, 5) is 0. The molecule has 1 N–H and O–H groups in total. The van der Waals surface area contributed by atoms with Crippen molar-refractivity contribution in [1.82, 2.24) is 0 Å². The van der Waals surface area contributed by atoms with Crippen LogP contribution in [0.5, 0.6) is 0 Å². The molecule has 2 saturated carbocycles. The second-order valence-corrected chi connectivity index (χ2v) is 5.16. The number of rotatable bonds is 7. The number of ether oxygens (including phenoxy) is 3. The van der Waals surface area contributed by atoms with Gasteiger partial charge in [0.2, 0.25) is 0 Å². The van der Waals surface area contributed by atoms with Gasteiger partial charge in [-0.05, 0) is 12.8 Å². The lowest BCUT2D eigenvalue weighted by Gasteiger charge is -2.51. The highest BCUT2D eigenvalue weighted by Gasteiger charge is 2.56. The summed E-state index contributed by atoms with van der Waals surface area (Å²) in [5.41, 5.74) is 0.0898. The Morgan fingerprint density at radius 1 is 1.12 bits per heavy atom. The average Bonchev–Trinajstić information content (AvgIpc) is 2.84. The molecule has 2 rings (SSSR count). The lowest BCUT2D eigenvalue weighted by atomic mass is 9.62. The maximum atomic E-state index is 9.91. The van der Waals surface area contributed by atoms with Gasteiger partial charge in [-0.1, -0.05) is 12.8 Å². The fourth-order valence-electron chi connectivity index (χ4n) is 3.14. The molecule has 0 aliphatic heterocycles. The molecule has 100 valence electrons. The molecule has 0 radical (unpaired) electrons. The Kier molecular flexibility index (Phi) is 4.79. The molecule has 0 bridgehead atoms. The van der Waals surface area contributed by atoms with E-state index in [1.165, 1.54) is 12.8 Å². The molecule has 0 aromatic carbocycles. The SMILES string of the molecule is COCCOCCOC1CC(O)C12CCCC2. The van der Waals surface area contributed by atoms with E-state index >= 15 is 0 Å². The molecule has 0 amide bonds. The van der Waals surface area contributed by atoms with E-state index in [-0.39, 0.29) is 17.6 Å². The summed E-state index contributed by atoms with van der Waals surface area (Å²) in [5.74, 6) is 0. The quantitative estimate of drug-likeness (QED) is 0.687. The molecule has 2 atom stereocenters. The van der Waals surface area contributed by atoms with Crippen molar-refractivity contribution in [2.24, 2.45) is 5.41 Å². The Balaban J connectivity index is 1.60. The molecule has 0 aromatic heterocycles. The molecule has 2 aliphatic carbocycles. The van der Waals surface area contributed by atoms with Crippen LogP contribution in [0.15, 0.2) is 0 Å². The predicted molar refractivity (Wildman–Crippen MR) is 64.0 cm³/mol. The van der Waals surface area contributed by atoms with Gasteiger partial charge in [0.25, 0.3) is 0 Å². The van der Waals surface area contributed by atoms with Gasteiger partial charge in [0.15, 0.2) is 0 Å². The molecule has 0 saturated heterocycles. The van der Waals surface area contributed by atoms with E-state index in [0.717, 1.165) is 19.3 Å². The number of aliphatic hydroxyl groups is 1. The highest BCUT2D eigenvalue weighted by molar-refractivity contribution is 5.06. The summed E-state index contributed by atoms with van der Waals surface area (Å²) in [5, 5.41) is 9.91. The maximum absolute atomic E-state index is 9.91. The monoisotopic (exact) mass is 244 g/mol. The summed E-state index contributed by atoms with van der Waals surface area (Å²) in [6, 6.07) is 0. The Hall–Kier alpha value is -0.160. The van der Waals surface area contributed by atoms with Gasteiger partial charge < -0.3 is 19.3 Å². The maximum Gasteiger partial charge on any atom is 0.0704 e. The predicted octanol–water partition coefficient (Wildman–Crippen LogP) is 1.36. The van der Waals surface area contributed by atoms with Crippen LogP contribution < -0.4 is 0 Å². The van der Waals surface area contributed by atoms with Crippen LogP contribution in [0.3, 0.4) is 0 Å². The van der Waals surface area contributed by atoms with Crippen LogP contribution in [-0.4, -0.2) is 50.9 Å². The summed E-state index contributed by atoms with van der Waals surface area (Å²) < 4.78 is 16.1. The van der Waals surface area contributed by atoms with Gasteiger partial charge in [-0.25, -0.2) is 0 Å². The fourth-order valence-corrected chi connectivity index (χ4v) is 3.14. The second kappa shape index (κ2) is 6.14. The number of methoxy groups -OCH3 is 1. The van der Waals surface area contributed by atoms with Crippen LogP contribution in [0, 0.1) is 5.41 Å². The van der Waals surface area contributed by atoms with Crippen molar-refractivity contribution in [3.8, 4) is 0 Å². The minimum absolute atomic E-state index is 0.0898. The highest BCUT2D eigenvalue weighted by Crippen LogP contribution is 2.54. The molecule has 2 fully saturated rings. The van der Waals surface area contributed by atoms with E-state index in [1.807, 2.05) is 0 Å². The molecule has 2 aliphatic rings.